The largest absolute Gasteiger partial charge is 0.462 e. The zero-order valence-electron chi connectivity index (χ0n) is 18.3. The highest BCUT2D eigenvalue weighted by molar-refractivity contribution is 5.94. The van der Waals surface area contributed by atoms with E-state index < -0.39 is 24.5 Å². The van der Waals surface area contributed by atoms with Crippen LogP contribution in [0.3, 0.4) is 0 Å². The second-order valence-corrected chi connectivity index (χ2v) is 7.55. The van der Waals surface area contributed by atoms with Crippen molar-refractivity contribution in [3.63, 3.8) is 0 Å². The first-order valence-corrected chi connectivity index (χ1v) is 10.4. The highest BCUT2D eigenvalue weighted by atomic mass is 16.5. The molecule has 0 saturated heterocycles. The van der Waals surface area contributed by atoms with Gasteiger partial charge in [0.05, 0.1) is 12.2 Å². The highest BCUT2D eigenvalue weighted by Gasteiger charge is 2.11. The van der Waals surface area contributed by atoms with E-state index in [1.54, 1.807) is 36.4 Å². The molecule has 0 aromatic heterocycles. The molecule has 0 spiro atoms. The molecule has 170 valence electrons. The van der Waals surface area contributed by atoms with E-state index in [4.69, 9.17) is 9.47 Å². The standard InChI is InChI=1S/C24H28N2O6/c1-17(2)15-32-24(30)18-11-13-20(14-12-18)26-22(28)16-31-23(29)10-6-9-21(27)25-19-7-4-3-5-8-19/h3-5,7-8,11-14,17H,6,9-10,15-16H2,1-2H3,(H,25,27)(H,26,28). The molecule has 32 heavy (non-hydrogen) atoms. The lowest BCUT2D eigenvalue weighted by Gasteiger charge is -2.09. The second kappa shape index (κ2) is 12.9. The van der Waals surface area contributed by atoms with Gasteiger partial charge in [-0.1, -0.05) is 32.0 Å². The van der Waals surface area contributed by atoms with E-state index >= 15 is 0 Å². The topological polar surface area (TPSA) is 111 Å². The molecular formula is C24H28N2O6. The third-order valence-electron chi connectivity index (χ3n) is 4.16. The molecule has 8 nitrogen and oxygen atoms in total. The van der Waals surface area contributed by atoms with Crippen molar-refractivity contribution < 1.29 is 28.7 Å². The molecule has 0 fully saturated rings. The average molecular weight is 440 g/mol. The van der Waals surface area contributed by atoms with Crippen molar-refractivity contribution in [2.75, 3.05) is 23.8 Å². The molecule has 0 heterocycles. The minimum absolute atomic E-state index is 0.0304. The maximum atomic E-state index is 12.0. The number of anilines is 2. The molecule has 0 atom stereocenters. The summed E-state index contributed by atoms with van der Waals surface area (Å²) in [6.45, 7) is 3.79. The van der Waals surface area contributed by atoms with Gasteiger partial charge in [0.2, 0.25) is 5.91 Å². The van der Waals surface area contributed by atoms with Gasteiger partial charge in [-0.3, -0.25) is 14.4 Å². The molecule has 0 radical (unpaired) electrons. The second-order valence-electron chi connectivity index (χ2n) is 7.55. The van der Waals surface area contributed by atoms with Crippen LogP contribution < -0.4 is 10.6 Å². The fourth-order valence-corrected chi connectivity index (χ4v) is 2.57. The Balaban J connectivity index is 1.64. The number of rotatable bonds is 11. The Morgan fingerprint density at radius 3 is 2.06 bits per heavy atom. The first kappa shape index (κ1) is 24.6. The van der Waals surface area contributed by atoms with Crippen LogP contribution in [0.2, 0.25) is 0 Å². The summed E-state index contributed by atoms with van der Waals surface area (Å²) in [6, 6.07) is 15.3. The fourth-order valence-electron chi connectivity index (χ4n) is 2.57. The van der Waals surface area contributed by atoms with Crippen LogP contribution in [0.15, 0.2) is 54.6 Å². The van der Waals surface area contributed by atoms with Crippen LogP contribution >= 0.6 is 0 Å². The molecular weight excluding hydrogens is 412 g/mol. The van der Waals surface area contributed by atoms with Gasteiger partial charge in [-0.15, -0.1) is 0 Å². The molecule has 0 aliphatic carbocycles. The van der Waals surface area contributed by atoms with E-state index in [0.29, 0.717) is 30.0 Å². The highest BCUT2D eigenvalue weighted by Crippen LogP contribution is 2.11. The van der Waals surface area contributed by atoms with Gasteiger partial charge in [0.25, 0.3) is 5.91 Å². The predicted molar refractivity (Wildman–Crippen MR) is 120 cm³/mol. The number of carbonyl (C=O) groups is 4. The Hall–Kier alpha value is -3.68. The van der Waals surface area contributed by atoms with E-state index in [9.17, 15) is 19.2 Å². The summed E-state index contributed by atoms with van der Waals surface area (Å²) in [5.74, 6) is -1.45. The smallest absolute Gasteiger partial charge is 0.338 e. The van der Waals surface area contributed by atoms with Gasteiger partial charge in [-0.05, 0) is 48.7 Å². The maximum absolute atomic E-state index is 12.0. The normalized spacial score (nSPS) is 10.3. The number of benzene rings is 2. The summed E-state index contributed by atoms with van der Waals surface area (Å²) < 4.78 is 10.1. The number of esters is 2. The molecule has 2 aromatic rings. The monoisotopic (exact) mass is 440 g/mol. The lowest BCUT2D eigenvalue weighted by atomic mass is 10.2. The van der Waals surface area contributed by atoms with Crippen molar-refractivity contribution in [2.24, 2.45) is 5.92 Å². The van der Waals surface area contributed by atoms with E-state index in [0.717, 1.165) is 0 Å². The summed E-state index contributed by atoms with van der Waals surface area (Å²) in [5, 5.41) is 5.31. The van der Waals surface area contributed by atoms with Crippen LogP contribution in [0, 0.1) is 5.92 Å². The quantitative estimate of drug-likeness (QED) is 0.515. The van der Waals surface area contributed by atoms with E-state index in [1.165, 1.54) is 0 Å². The van der Waals surface area contributed by atoms with Gasteiger partial charge in [-0.25, -0.2) is 4.79 Å². The Morgan fingerprint density at radius 2 is 1.41 bits per heavy atom. The van der Waals surface area contributed by atoms with Crippen molar-refractivity contribution >= 4 is 35.1 Å². The van der Waals surface area contributed by atoms with E-state index in [-0.39, 0.29) is 24.7 Å². The van der Waals surface area contributed by atoms with Crippen LogP contribution in [0.4, 0.5) is 11.4 Å². The molecule has 0 bridgehead atoms. The lowest BCUT2D eigenvalue weighted by molar-refractivity contribution is -0.147. The van der Waals surface area contributed by atoms with Crippen LogP contribution in [0.25, 0.3) is 0 Å². The van der Waals surface area contributed by atoms with Gasteiger partial charge in [0.15, 0.2) is 6.61 Å². The summed E-state index contributed by atoms with van der Waals surface area (Å²) in [4.78, 5) is 47.5. The first-order valence-electron chi connectivity index (χ1n) is 10.4. The molecule has 0 aliphatic heterocycles. The Kier molecular flexibility index (Phi) is 9.90. The Labute approximate surface area is 187 Å². The van der Waals surface area contributed by atoms with Crippen LogP contribution in [-0.4, -0.2) is 37.0 Å². The number of amides is 2. The van der Waals surface area contributed by atoms with E-state index in [1.807, 2.05) is 32.0 Å². The van der Waals surface area contributed by atoms with Crippen molar-refractivity contribution in [3.05, 3.63) is 60.2 Å². The molecule has 2 rings (SSSR count). The molecule has 0 unspecified atom stereocenters. The van der Waals surface area contributed by atoms with Crippen LogP contribution in [0.5, 0.6) is 0 Å². The van der Waals surface area contributed by atoms with E-state index in [2.05, 4.69) is 10.6 Å². The summed E-state index contributed by atoms with van der Waals surface area (Å²) in [7, 11) is 0. The van der Waals surface area contributed by atoms with Crippen molar-refractivity contribution in [3.8, 4) is 0 Å². The summed E-state index contributed by atoms with van der Waals surface area (Å²) >= 11 is 0. The Morgan fingerprint density at radius 1 is 0.781 bits per heavy atom. The van der Waals surface area contributed by atoms with Crippen molar-refractivity contribution in [1.29, 1.82) is 0 Å². The fraction of sp³-hybridized carbons (Fsp3) is 0.333. The van der Waals surface area contributed by atoms with Crippen LogP contribution in [0.1, 0.15) is 43.5 Å². The number of ether oxygens (including phenoxy) is 2. The minimum atomic E-state index is -0.559. The zero-order valence-corrected chi connectivity index (χ0v) is 18.3. The number of nitrogens with one attached hydrogen (secondary N) is 2. The first-order chi connectivity index (χ1) is 15.3. The molecule has 2 aromatic carbocycles. The maximum Gasteiger partial charge on any atom is 0.338 e. The van der Waals surface area contributed by atoms with Gasteiger partial charge in [0.1, 0.15) is 0 Å². The molecule has 0 saturated carbocycles. The summed E-state index contributed by atoms with van der Waals surface area (Å²) in [6.07, 6.45) is 0.512. The third kappa shape index (κ3) is 9.42. The summed E-state index contributed by atoms with van der Waals surface area (Å²) in [5.41, 5.74) is 1.53. The zero-order chi connectivity index (χ0) is 23.3. The Bertz CT molecular complexity index is 910. The van der Waals surface area contributed by atoms with Gasteiger partial charge in [-0.2, -0.15) is 0 Å². The third-order valence-corrected chi connectivity index (χ3v) is 4.16. The molecule has 2 N–H and O–H groups in total. The number of para-hydroxylation sites is 1. The number of hydrogen-bond donors (Lipinski definition) is 2. The van der Waals surface area contributed by atoms with Crippen molar-refractivity contribution in [2.45, 2.75) is 33.1 Å². The van der Waals surface area contributed by atoms with Crippen LogP contribution in [-0.2, 0) is 23.9 Å². The van der Waals surface area contributed by atoms with Gasteiger partial charge >= 0.3 is 11.9 Å². The van der Waals surface area contributed by atoms with Gasteiger partial charge in [0, 0.05) is 24.2 Å². The number of hydrogen-bond acceptors (Lipinski definition) is 6. The lowest BCUT2D eigenvalue weighted by Crippen LogP contribution is -2.21. The average Bonchev–Trinajstić information content (AvgIpc) is 2.77. The molecule has 8 heteroatoms. The molecule has 2 amide bonds. The van der Waals surface area contributed by atoms with Gasteiger partial charge < -0.3 is 20.1 Å². The number of carbonyl (C=O) groups excluding carboxylic acids is 4. The van der Waals surface area contributed by atoms with Crippen molar-refractivity contribution in [1.82, 2.24) is 0 Å². The molecule has 0 aliphatic rings. The SMILES string of the molecule is CC(C)COC(=O)c1ccc(NC(=O)COC(=O)CCCC(=O)Nc2ccccc2)cc1. The predicted octanol–water partition coefficient (Wildman–Crippen LogP) is 3.79. The minimum Gasteiger partial charge on any atom is -0.462 e.